The number of furan rings is 1. The van der Waals surface area contributed by atoms with Crippen LogP contribution in [-0.4, -0.2) is 44.7 Å². The molecule has 1 aromatic carbocycles. The molecule has 7 nitrogen and oxygen atoms in total. The van der Waals surface area contributed by atoms with Gasteiger partial charge in [-0.1, -0.05) is 18.7 Å². The Hall–Kier alpha value is -3.48. The molecule has 2 aromatic rings. The lowest BCUT2D eigenvalue weighted by Gasteiger charge is -2.13. The number of aryl methyl sites for hydroxylation is 1. The fourth-order valence-electron chi connectivity index (χ4n) is 2.60. The Kier molecular flexibility index (Phi) is 7.65. The maximum atomic E-state index is 12.4. The number of rotatable bonds is 9. The molecule has 29 heavy (non-hydrogen) atoms. The van der Waals surface area contributed by atoms with Crippen molar-refractivity contribution in [3.8, 4) is 11.5 Å². The first-order valence-electron chi connectivity index (χ1n) is 8.92. The van der Waals surface area contributed by atoms with E-state index in [4.69, 9.17) is 18.6 Å². The SMILES string of the molecule is C=CCOc1ccc(/C=C/C(=O)N(C)Cc2cc(C(=O)OC)c(C)o2)cc1OC. The number of hydrogen-bond acceptors (Lipinski definition) is 6. The summed E-state index contributed by atoms with van der Waals surface area (Å²) in [6.45, 7) is 5.88. The Morgan fingerprint density at radius 1 is 1.21 bits per heavy atom. The molecule has 7 heteroatoms. The second-order valence-electron chi connectivity index (χ2n) is 6.21. The Morgan fingerprint density at radius 2 is 1.97 bits per heavy atom. The molecule has 0 radical (unpaired) electrons. The summed E-state index contributed by atoms with van der Waals surface area (Å²) in [7, 11) is 4.51. The quantitative estimate of drug-likeness (QED) is 0.364. The van der Waals surface area contributed by atoms with E-state index in [1.165, 1.54) is 18.1 Å². The van der Waals surface area contributed by atoms with E-state index >= 15 is 0 Å². The molecule has 0 atom stereocenters. The van der Waals surface area contributed by atoms with Crippen LogP contribution in [0.1, 0.15) is 27.4 Å². The van der Waals surface area contributed by atoms with Crippen LogP contribution in [-0.2, 0) is 16.1 Å². The number of hydrogen-bond donors (Lipinski definition) is 0. The minimum absolute atomic E-state index is 0.218. The van der Waals surface area contributed by atoms with Gasteiger partial charge < -0.3 is 23.5 Å². The lowest BCUT2D eigenvalue weighted by Crippen LogP contribution is -2.23. The summed E-state index contributed by atoms with van der Waals surface area (Å²) >= 11 is 0. The Labute approximate surface area is 170 Å². The zero-order chi connectivity index (χ0) is 21.4. The van der Waals surface area contributed by atoms with Crippen LogP contribution in [0.3, 0.4) is 0 Å². The number of carbonyl (C=O) groups excluding carboxylic acids is 2. The van der Waals surface area contributed by atoms with Crippen molar-refractivity contribution in [3.05, 3.63) is 65.6 Å². The lowest BCUT2D eigenvalue weighted by atomic mass is 10.2. The van der Waals surface area contributed by atoms with E-state index in [1.54, 1.807) is 51.4 Å². The number of methoxy groups -OCH3 is 2. The van der Waals surface area contributed by atoms with Crippen LogP contribution in [0.25, 0.3) is 6.08 Å². The van der Waals surface area contributed by atoms with Gasteiger partial charge in [-0.3, -0.25) is 4.79 Å². The minimum Gasteiger partial charge on any atom is -0.493 e. The second-order valence-corrected chi connectivity index (χ2v) is 6.21. The predicted octanol–water partition coefficient (Wildman–Crippen LogP) is 3.62. The number of amides is 1. The van der Waals surface area contributed by atoms with E-state index in [2.05, 4.69) is 6.58 Å². The van der Waals surface area contributed by atoms with Crippen LogP contribution in [0.5, 0.6) is 11.5 Å². The van der Waals surface area contributed by atoms with Crippen LogP contribution in [0.4, 0.5) is 0 Å². The molecule has 154 valence electrons. The molecule has 1 heterocycles. The Bertz CT molecular complexity index is 912. The third-order valence-corrected chi connectivity index (χ3v) is 4.11. The summed E-state index contributed by atoms with van der Waals surface area (Å²) in [4.78, 5) is 25.5. The van der Waals surface area contributed by atoms with Gasteiger partial charge in [0.05, 0.1) is 20.8 Å². The van der Waals surface area contributed by atoms with Crippen LogP contribution in [0.15, 0.2) is 47.4 Å². The highest BCUT2D eigenvalue weighted by Crippen LogP contribution is 2.28. The molecule has 0 fully saturated rings. The first-order valence-corrected chi connectivity index (χ1v) is 8.92. The van der Waals surface area contributed by atoms with Crippen molar-refractivity contribution in [1.29, 1.82) is 0 Å². The summed E-state index contributed by atoms with van der Waals surface area (Å²) in [6, 6.07) is 6.96. The van der Waals surface area contributed by atoms with E-state index < -0.39 is 5.97 Å². The van der Waals surface area contributed by atoms with Crippen LogP contribution in [0.2, 0.25) is 0 Å². The van der Waals surface area contributed by atoms with Crippen molar-refractivity contribution in [2.24, 2.45) is 0 Å². The largest absolute Gasteiger partial charge is 0.493 e. The van der Waals surface area contributed by atoms with Gasteiger partial charge in [0.1, 0.15) is 23.7 Å². The fourth-order valence-corrected chi connectivity index (χ4v) is 2.60. The van der Waals surface area contributed by atoms with Crippen molar-refractivity contribution in [3.63, 3.8) is 0 Å². The average molecular weight is 399 g/mol. The summed E-state index contributed by atoms with van der Waals surface area (Å²) in [5, 5.41) is 0. The van der Waals surface area contributed by atoms with Gasteiger partial charge in [0.15, 0.2) is 11.5 Å². The molecule has 0 unspecified atom stereocenters. The van der Waals surface area contributed by atoms with Crippen molar-refractivity contribution < 1.29 is 28.2 Å². The molecule has 0 saturated carbocycles. The molecular weight excluding hydrogens is 374 g/mol. The van der Waals surface area contributed by atoms with Gasteiger partial charge in [-0.2, -0.15) is 0 Å². The summed E-state index contributed by atoms with van der Waals surface area (Å²) < 4.78 is 21.1. The summed E-state index contributed by atoms with van der Waals surface area (Å²) in [6.07, 6.45) is 4.79. The standard InChI is InChI=1S/C22H25NO6/c1-6-11-28-19-9-7-16(12-20(19)26-4)8-10-21(24)23(3)14-17-13-18(15(2)29-17)22(25)27-5/h6-10,12-13H,1,11,14H2,2-5H3/b10-8+. The highest BCUT2D eigenvalue weighted by Gasteiger charge is 2.17. The lowest BCUT2D eigenvalue weighted by molar-refractivity contribution is -0.125. The zero-order valence-electron chi connectivity index (χ0n) is 17.1. The molecule has 1 amide bonds. The topological polar surface area (TPSA) is 78.2 Å². The molecule has 0 bridgehead atoms. The van der Waals surface area contributed by atoms with Crippen molar-refractivity contribution in [2.75, 3.05) is 27.9 Å². The van der Waals surface area contributed by atoms with E-state index in [9.17, 15) is 9.59 Å². The van der Waals surface area contributed by atoms with E-state index in [1.807, 2.05) is 6.07 Å². The summed E-state index contributed by atoms with van der Waals surface area (Å²) in [5.74, 6) is 1.43. The maximum Gasteiger partial charge on any atom is 0.341 e. The molecule has 0 aliphatic heterocycles. The van der Waals surface area contributed by atoms with Gasteiger partial charge in [0.2, 0.25) is 5.91 Å². The van der Waals surface area contributed by atoms with Gasteiger partial charge in [0.25, 0.3) is 0 Å². The highest BCUT2D eigenvalue weighted by molar-refractivity contribution is 5.92. The molecule has 1 aromatic heterocycles. The van der Waals surface area contributed by atoms with E-state index in [0.717, 1.165) is 5.56 Å². The van der Waals surface area contributed by atoms with Gasteiger partial charge >= 0.3 is 5.97 Å². The number of esters is 1. The fraction of sp³-hybridized carbons (Fsp3) is 0.273. The maximum absolute atomic E-state index is 12.4. The predicted molar refractivity (Wildman–Crippen MR) is 109 cm³/mol. The number of ether oxygens (including phenoxy) is 3. The Morgan fingerprint density at radius 3 is 2.62 bits per heavy atom. The van der Waals surface area contributed by atoms with Crippen molar-refractivity contribution in [1.82, 2.24) is 4.90 Å². The molecule has 0 aliphatic rings. The van der Waals surface area contributed by atoms with Gasteiger partial charge in [0, 0.05) is 13.1 Å². The number of carbonyl (C=O) groups is 2. The first kappa shape index (κ1) is 21.8. The average Bonchev–Trinajstić information content (AvgIpc) is 3.09. The zero-order valence-corrected chi connectivity index (χ0v) is 17.1. The molecule has 0 spiro atoms. The van der Waals surface area contributed by atoms with E-state index in [0.29, 0.717) is 35.2 Å². The monoisotopic (exact) mass is 399 g/mol. The smallest absolute Gasteiger partial charge is 0.341 e. The Balaban J connectivity index is 2.04. The number of benzene rings is 1. The third-order valence-electron chi connectivity index (χ3n) is 4.11. The highest BCUT2D eigenvalue weighted by atomic mass is 16.5. The van der Waals surface area contributed by atoms with Crippen LogP contribution in [0, 0.1) is 6.92 Å². The summed E-state index contributed by atoms with van der Waals surface area (Å²) in [5.41, 5.74) is 1.14. The third kappa shape index (κ3) is 5.75. The van der Waals surface area contributed by atoms with Crippen LogP contribution >= 0.6 is 0 Å². The number of likely N-dealkylation sites (N-methyl/N-ethyl adjacent to an activating group) is 1. The number of nitrogens with zero attached hydrogens (tertiary/aromatic N) is 1. The first-order chi connectivity index (χ1) is 13.9. The van der Waals surface area contributed by atoms with Crippen molar-refractivity contribution >= 4 is 18.0 Å². The van der Waals surface area contributed by atoms with Crippen LogP contribution < -0.4 is 9.47 Å². The minimum atomic E-state index is -0.471. The molecule has 0 aliphatic carbocycles. The molecular formula is C22H25NO6. The molecule has 2 rings (SSSR count). The van der Waals surface area contributed by atoms with Gasteiger partial charge in [-0.25, -0.2) is 4.79 Å². The molecule has 0 N–H and O–H groups in total. The molecule has 0 saturated heterocycles. The van der Waals surface area contributed by atoms with Gasteiger partial charge in [-0.05, 0) is 36.8 Å². The van der Waals surface area contributed by atoms with Crippen molar-refractivity contribution in [2.45, 2.75) is 13.5 Å². The van der Waals surface area contributed by atoms with Gasteiger partial charge in [-0.15, -0.1) is 0 Å². The second kappa shape index (κ2) is 10.2. The normalized spacial score (nSPS) is 10.6. The van der Waals surface area contributed by atoms with E-state index in [-0.39, 0.29) is 12.5 Å².